The molecule has 0 spiro atoms. The Hall–Kier alpha value is -2.74. The van der Waals surface area contributed by atoms with Crippen molar-refractivity contribution in [2.75, 3.05) is 22.6 Å². The average molecular weight is 373 g/mol. The number of hydrogen-bond donors (Lipinski definition) is 4. The van der Waals surface area contributed by atoms with Gasteiger partial charge in [-0.15, -0.1) is 0 Å². The summed E-state index contributed by atoms with van der Waals surface area (Å²) in [4.78, 5) is 20.2. The van der Waals surface area contributed by atoms with E-state index in [1.165, 1.54) is 0 Å². The molecule has 1 fully saturated rings. The fraction of sp³-hybridized carbons (Fsp3) is 0.421. The first-order valence-corrected chi connectivity index (χ1v) is 9.17. The fourth-order valence-electron chi connectivity index (χ4n) is 2.72. The van der Waals surface area contributed by atoms with Crippen molar-refractivity contribution in [3.8, 4) is 0 Å². The van der Waals surface area contributed by atoms with Crippen molar-refractivity contribution in [1.82, 2.24) is 9.97 Å². The molecule has 27 heavy (non-hydrogen) atoms. The van der Waals surface area contributed by atoms with Crippen LogP contribution in [0.1, 0.15) is 32.6 Å². The second-order valence-electron chi connectivity index (χ2n) is 6.65. The number of anilines is 4. The molecular weight excluding hydrogens is 349 g/mol. The van der Waals surface area contributed by atoms with Gasteiger partial charge in [0.25, 0.3) is 0 Å². The number of nitrogens with zero attached hydrogens (tertiary/aromatic N) is 2. The van der Waals surface area contributed by atoms with Crippen molar-refractivity contribution in [3.63, 3.8) is 0 Å². The highest BCUT2D eigenvalue weighted by molar-refractivity contribution is 5.93. The summed E-state index contributed by atoms with van der Waals surface area (Å²) in [5.41, 5.74) is 1.36. The number of nitrogens with one attached hydrogen (secondary N) is 3. The number of carbonyl (C=O) groups is 1. The van der Waals surface area contributed by atoms with Gasteiger partial charge in [0, 0.05) is 17.3 Å². The summed E-state index contributed by atoms with van der Waals surface area (Å²) < 4.78 is 13.9. The molecule has 1 amide bonds. The Kier molecular flexibility index (Phi) is 6.18. The molecule has 0 unspecified atom stereocenters. The monoisotopic (exact) mass is 373 g/mol. The van der Waals surface area contributed by atoms with Crippen LogP contribution in [0.2, 0.25) is 0 Å². The normalized spacial score (nSPS) is 14.9. The quantitative estimate of drug-likeness (QED) is 0.567. The lowest BCUT2D eigenvalue weighted by Gasteiger charge is -2.24. The molecule has 0 saturated heterocycles. The van der Waals surface area contributed by atoms with Gasteiger partial charge in [-0.05, 0) is 37.5 Å². The molecule has 8 heteroatoms. The molecule has 1 aromatic carbocycles. The molecule has 0 aliphatic heterocycles. The Morgan fingerprint density at radius 3 is 2.81 bits per heavy atom. The minimum Gasteiger partial charge on any atom is -0.394 e. The molecular formula is C19H24FN5O2. The number of aliphatic hydroxyl groups is 1. The standard InChI is InChI=1S/C19H24FN5O2/c1-2-13(11-26)22-17-16(20)10-21-19(25-17)24-15-8-4-7-14(9-15)23-18(27)12-5-3-6-12/h4,7-10,12-13,26H,2-3,5-6,11H2,1H3,(H,23,27)(H2,21,22,24,25)/t13-/m0/s1. The van der Waals surface area contributed by atoms with Gasteiger partial charge in [-0.2, -0.15) is 4.98 Å². The van der Waals surface area contributed by atoms with Crippen LogP contribution in [0.25, 0.3) is 0 Å². The topological polar surface area (TPSA) is 99.2 Å². The zero-order chi connectivity index (χ0) is 19.2. The number of hydrogen-bond acceptors (Lipinski definition) is 6. The lowest BCUT2D eigenvalue weighted by molar-refractivity contribution is -0.122. The van der Waals surface area contributed by atoms with Gasteiger partial charge in [0.2, 0.25) is 11.9 Å². The van der Waals surface area contributed by atoms with Crippen molar-refractivity contribution in [3.05, 3.63) is 36.3 Å². The van der Waals surface area contributed by atoms with Gasteiger partial charge in [-0.3, -0.25) is 4.79 Å². The third kappa shape index (κ3) is 4.91. The zero-order valence-electron chi connectivity index (χ0n) is 15.2. The minimum atomic E-state index is -0.589. The number of benzene rings is 1. The molecule has 7 nitrogen and oxygen atoms in total. The lowest BCUT2D eigenvalue weighted by Crippen LogP contribution is -2.28. The van der Waals surface area contributed by atoms with Crippen molar-refractivity contribution >= 4 is 29.0 Å². The van der Waals surface area contributed by atoms with Crippen LogP contribution in [-0.2, 0) is 4.79 Å². The van der Waals surface area contributed by atoms with Gasteiger partial charge in [-0.25, -0.2) is 9.37 Å². The van der Waals surface area contributed by atoms with Crippen LogP contribution in [0.4, 0.5) is 27.5 Å². The van der Waals surface area contributed by atoms with Crippen LogP contribution in [0, 0.1) is 11.7 Å². The maximum Gasteiger partial charge on any atom is 0.229 e. The predicted octanol–water partition coefficient (Wildman–Crippen LogP) is 3.28. The van der Waals surface area contributed by atoms with Crippen LogP contribution in [0.15, 0.2) is 30.5 Å². The van der Waals surface area contributed by atoms with E-state index in [4.69, 9.17) is 0 Å². The van der Waals surface area contributed by atoms with E-state index in [1.807, 2.05) is 13.0 Å². The summed E-state index contributed by atoms with van der Waals surface area (Å²) in [6.45, 7) is 1.76. The van der Waals surface area contributed by atoms with Crippen LogP contribution in [0.3, 0.4) is 0 Å². The predicted molar refractivity (Wildman–Crippen MR) is 102 cm³/mol. The number of amides is 1. The van der Waals surface area contributed by atoms with E-state index in [0.717, 1.165) is 25.5 Å². The molecule has 1 saturated carbocycles. The second kappa shape index (κ2) is 8.77. The molecule has 0 bridgehead atoms. The largest absolute Gasteiger partial charge is 0.394 e. The van der Waals surface area contributed by atoms with Gasteiger partial charge < -0.3 is 21.1 Å². The Balaban J connectivity index is 1.69. The van der Waals surface area contributed by atoms with Gasteiger partial charge in [0.05, 0.1) is 18.8 Å². The van der Waals surface area contributed by atoms with Gasteiger partial charge in [-0.1, -0.05) is 19.4 Å². The summed E-state index contributed by atoms with van der Waals surface area (Å²) in [6.07, 6.45) is 4.69. The molecule has 4 N–H and O–H groups in total. The van der Waals surface area contributed by atoms with E-state index in [-0.39, 0.29) is 36.2 Å². The summed E-state index contributed by atoms with van der Waals surface area (Å²) in [6, 6.07) is 6.92. The first kappa shape index (κ1) is 19.0. The number of carbonyl (C=O) groups excluding carboxylic acids is 1. The molecule has 1 aliphatic rings. The van der Waals surface area contributed by atoms with E-state index in [9.17, 15) is 14.3 Å². The van der Waals surface area contributed by atoms with Gasteiger partial charge in [0.1, 0.15) is 0 Å². The van der Waals surface area contributed by atoms with Crippen molar-refractivity contribution in [2.24, 2.45) is 5.92 Å². The molecule has 1 atom stereocenters. The molecule has 0 radical (unpaired) electrons. The number of rotatable bonds is 8. The summed E-state index contributed by atoms with van der Waals surface area (Å²) in [7, 11) is 0. The Morgan fingerprint density at radius 2 is 2.15 bits per heavy atom. The smallest absolute Gasteiger partial charge is 0.229 e. The van der Waals surface area contributed by atoms with Crippen LogP contribution in [0.5, 0.6) is 0 Å². The molecule has 2 aromatic rings. The first-order chi connectivity index (χ1) is 13.1. The second-order valence-corrected chi connectivity index (χ2v) is 6.65. The Labute approximate surface area is 157 Å². The minimum absolute atomic E-state index is 0.0304. The van der Waals surface area contributed by atoms with E-state index in [1.54, 1.807) is 18.2 Å². The van der Waals surface area contributed by atoms with Crippen LogP contribution in [-0.4, -0.2) is 33.6 Å². The molecule has 144 valence electrons. The number of halogens is 1. The molecule has 1 heterocycles. The molecule has 1 aliphatic carbocycles. The van der Waals surface area contributed by atoms with Crippen molar-refractivity contribution in [1.29, 1.82) is 0 Å². The number of aliphatic hydroxyl groups excluding tert-OH is 1. The average Bonchev–Trinajstić information content (AvgIpc) is 2.61. The fourth-order valence-corrected chi connectivity index (χ4v) is 2.72. The molecule has 3 rings (SSSR count). The highest BCUT2D eigenvalue weighted by Gasteiger charge is 2.25. The van der Waals surface area contributed by atoms with E-state index < -0.39 is 5.82 Å². The highest BCUT2D eigenvalue weighted by Crippen LogP contribution is 2.28. The third-order valence-corrected chi connectivity index (χ3v) is 4.66. The van der Waals surface area contributed by atoms with Crippen LogP contribution >= 0.6 is 0 Å². The van der Waals surface area contributed by atoms with E-state index in [0.29, 0.717) is 17.8 Å². The van der Waals surface area contributed by atoms with Gasteiger partial charge >= 0.3 is 0 Å². The van der Waals surface area contributed by atoms with Crippen molar-refractivity contribution < 1.29 is 14.3 Å². The maximum atomic E-state index is 13.9. The van der Waals surface area contributed by atoms with E-state index >= 15 is 0 Å². The number of aromatic nitrogens is 2. The Bertz CT molecular complexity index is 793. The zero-order valence-corrected chi connectivity index (χ0v) is 15.2. The molecule has 1 aromatic heterocycles. The van der Waals surface area contributed by atoms with Crippen LogP contribution < -0.4 is 16.0 Å². The lowest BCUT2D eigenvalue weighted by atomic mass is 9.85. The summed E-state index contributed by atoms with van der Waals surface area (Å²) >= 11 is 0. The first-order valence-electron chi connectivity index (χ1n) is 9.17. The van der Waals surface area contributed by atoms with Crippen molar-refractivity contribution in [2.45, 2.75) is 38.6 Å². The van der Waals surface area contributed by atoms with E-state index in [2.05, 4.69) is 25.9 Å². The highest BCUT2D eigenvalue weighted by atomic mass is 19.1. The van der Waals surface area contributed by atoms with Gasteiger partial charge in [0.15, 0.2) is 11.6 Å². The summed E-state index contributed by atoms with van der Waals surface area (Å²) in [5, 5.41) is 18.1. The maximum absolute atomic E-state index is 13.9. The SMILES string of the molecule is CC[C@@H](CO)Nc1nc(Nc2cccc(NC(=O)C3CCC3)c2)ncc1F. The summed E-state index contributed by atoms with van der Waals surface area (Å²) in [5.74, 6) is -0.197. The third-order valence-electron chi connectivity index (χ3n) is 4.66. The Morgan fingerprint density at radius 1 is 1.37 bits per heavy atom.